The molecule has 10 nitrogen and oxygen atoms in total. The molecule has 0 aliphatic carbocycles. The van der Waals surface area contributed by atoms with Crippen LogP contribution in [0.25, 0.3) is 0 Å². The summed E-state index contributed by atoms with van der Waals surface area (Å²) in [6, 6.07) is 16.6. The van der Waals surface area contributed by atoms with E-state index in [1.807, 2.05) is 20.8 Å². The molecule has 0 bridgehead atoms. The lowest BCUT2D eigenvalue weighted by atomic mass is 10.1. The summed E-state index contributed by atoms with van der Waals surface area (Å²) >= 11 is 6.43. The predicted molar refractivity (Wildman–Crippen MR) is 171 cm³/mol. The molecule has 1 atom stereocenters. The maximum atomic E-state index is 14.2. The molecule has 0 radical (unpaired) electrons. The van der Waals surface area contributed by atoms with E-state index in [0.717, 1.165) is 4.31 Å². The smallest absolute Gasteiger partial charge is 0.264 e. The maximum absolute atomic E-state index is 14.2. The lowest BCUT2D eigenvalue weighted by molar-refractivity contribution is -0.139. The Morgan fingerprint density at radius 3 is 2.18 bits per heavy atom. The van der Waals surface area contributed by atoms with E-state index >= 15 is 0 Å². The number of amides is 2. The van der Waals surface area contributed by atoms with Crippen molar-refractivity contribution in [3.8, 4) is 17.2 Å². The fourth-order valence-electron chi connectivity index (χ4n) is 4.35. The molecule has 0 aromatic heterocycles. The fourth-order valence-corrected chi connectivity index (χ4v) is 5.98. The van der Waals surface area contributed by atoms with Gasteiger partial charge in [0, 0.05) is 24.2 Å². The monoisotopic (exact) mass is 645 g/mol. The van der Waals surface area contributed by atoms with Gasteiger partial charge in [0.2, 0.25) is 11.8 Å². The van der Waals surface area contributed by atoms with Crippen molar-refractivity contribution in [2.75, 3.05) is 38.2 Å². The Morgan fingerprint density at radius 2 is 1.59 bits per heavy atom. The molecular weight excluding hydrogens is 606 g/mol. The zero-order valence-corrected chi connectivity index (χ0v) is 27.4. The van der Waals surface area contributed by atoms with Gasteiger partial charge in [-0.3, -0.25) is 13.9 Å². The van der Waals surface area contributed by atoms with Crippen LogP contribution in [-0.2, 0) is 26.2 Å². The summed E-state index contributed by atoms with van der Waals surface area (Å²) in [7, 11) is -1.48. The molecular formula is C32H40ClN3O7S. The molecule has 44 heavy (non-hydrogen) atoms. The molecule has 0 saturated carbocycles. The van der Waals surface area contributed by atoms with Crippen molar-refractivity contribution in [2.45, 2.75) is 45.2 Å². The molecule has 0 aliphatic heterocycles. The Hall–Kier alpha value is -3.96. The van der Waals surface area contributed by atoms with Gasteiger partial charge in [0.15, 0.2) is 11.5 Å². The first-order valence-electron chi connectivity index (χ1n) is 14.2. The number of carbonyl (C=O) groups excluding carboxylic acids is 2. The van der Waals surface area contributed by atoms with Crippen LogP contribution in [0.2, 0.25) is 5.02 Å². The summed E-state index contributed by atoms with van der Waals surface area (Å²) in [6.07, 6.45) is 0. The van der Waals surface area contributed by atoms with Crippen molar-refractivity contribution in [1.82, 2.24) is 10.2 Å². The number of ether oxygens (including phenoxy) is 3. The minimum absolute atomic E-state index is 0.0116. The third kappa shape index (κ3) is 8.57. The zero-order valence-electron chi connectivity index (χ0n) is 25.9. The quantitative estimate of drug-likeness (QED) is 0.243. The minimum atomic E-state index is -4.33. The van der Waals surface area contributed by atoms with Gasteiger partial charge >= 0.3 is 0 Å². The highest BCUT2D eigenvalue weighted by atomic mass is 35.5. The van der Waals surface area contributed by atoms with E-state index < -0.39 is 28.5 Å². The van der Waals surface area contributed by atoms with Gasteiger partial charge in [0.25, 0.3) is 10.0 Å². The zero-order chi connectivity index (χ0) is 32.4. The molecule has 238 valence electrons. The first-order chi connectivity index (χ1) is 20.9. The molecule has 0 saturated heterocycles. The fraction of sp³-hybridized carbons (Fsp3) is 0.375. The molecule has 12 heteroatoms. The molecule has 1 N–H and O–H groups in total. The Morgan fingerprint density at radius 1 is 0.932 bits per heavy atom. The van der Waals surface area contributed by atoms with Crippen LogP contribution in [-0.4, -0.2) is 65.1 Å². The van der Waals surface area contributed by atoms with Gasteiger partial charge in [0.05, 0.1) is 31.4 Å². The van der Waals surface area contributed by atoms with Gasteiger partial charge in [-0.2, -0.15) is 0 Å². The van der Waals surface area contributed by atoms with Crippen LogP contribution in [0.15, 0.2) is 71.6 Å². The number of nitrogens with one attached hydrogen (secondary N) is 1. The van der Waals surface area contributed by atoms with Crippen LogP contribution in [0.4, 0.5) is 5.69 Å². The van der Waals surface area contributed by atoms with Crippen LogP contribution in [0.1, 0.15) is 33.3 Å². The van der Waals surface area contributed by atoms with Gasteiger partial charge in [0.1, 0.15) is 18.3 Å². The number of rotatable bonds is 15. The number of anilines is 1. The summed E-state index contributed by atoms with van der Waals surface area (Å²) in [6.45, 7) is 7.61. The molecule has 0 fully saturated rings. The number of hydrogen-bond acceptors (Lipinski definition) is 7. The molecule has 0 heterocycles. The van der Waals surface area contributed by atoms with Crippen molar-refractivity contribution in [1.29, 1.82) is 0 Å². The Kier molecular flexibility index (Phi) is 12.3. The van der Waals surface area contributed by atoms with E-state index in [4.69, 9.17) is 25.8 Å². The number of methoxy groups -OCH3 is 2. The van der Waals surface area contributed by atoms with Crippen LogP contribution < -0.4 is 23.8 Å². The summed E-state index contributed by atoms with van der Waals surface area (Å²) in [4.78, 5) is 28.5. The molecule has 3 rings (SSSR count). The van der Waals surface area contributed by atoms with Crippen molar-refractivity contribution in [2.24, 2.45) is 5.92 Å². The molecule has 0 aliphatic rings. The Balaban J connectivity index is 2.08. The van der Waals surface area contributed by atoms with Crippen molar-refractivity contribution >= 4 is 39.1 Å². The van der Waals surface area contributed by atoms with Gasteiger partial charge in [-0.05, 0) is 67.8 Å². The second kappa shape index (κ2) is 15.7. The number of hydrogen-bond donors (Lipinski definition) is 1. The molecule has 3 aromatic carbocycles. The van der Waals surface area contributed by atoms with E-state index in [-0.39, 0.29) is 34.7 Å². The standard InChI is InChI=1S/C32H40ClN3O7S/c1-7-43-26-14-12-25(13-15-26)36(44(39,40)27-16-17-29(41-5)30(18-27)42-6)21-31(37)35(20-24-10-8-9-11-28(24)33)23(4)32(38)34-19-22(2)3/h8-18,22-23H,7,19-21H2,1-6H3,(H,34,38). The molecule has 1 unspecified atom stereocenters. The van der Waals surface area contributed by atoms with Gasteiger partial charge in [-0.1, -0.05) is 43.6 Å². The highest BCUT2D eigenvalue weighted by Crippen LogP contribution is 2.33. The summed E-state index contributed by atoms with van der Waals surface area (Å²) in [5.74, 6) is 0.330. The van der Waals surface area contributed by atoms with E-state index in [1.165, 1.54) is 37.3 Å². The predicted octanol–water partition coefficient (Wildman–Crippen LogP) is 5.14. The van der Waals surface area contributed by atoms with Crippen molar-refractivity contribution < 1.29 is 32.2 Å². The molecule has 3 aromatic rings. The third-order valence-electron chi connectivity index (χ3n) is 6.81. The average molecular weight is 646 g/mol. The minimum Gasteiger partial charge on any atom is -0.494 e. The first kappa shape index (κ1) is 34.5. The molecule has 0 spiro atoms. The lowest BCUT2D eigenvalue weighted by Gasteiger charge is -2.32. The van der Waals surface area contributed by atoms with Crippen LogP contribution >= 0.6 is 11.6 Å². The summed E-state index contributed by atoms with van der Waals surface area (Å²) in [5.41, 5.74) is 0.840. The normalized spacial score (nSPS) is 11.9. The summed E-state index contributed by atoms with van der Waals surface area (Å²) in [5, 5.41) is 3.28. The Labute approximate surface area is 264 Å². The number of nitrogens with zero attached hydrogens (tertiary/aromatic N) is 2. The van der Waals surface area contributed by atoms with Crippen molar-refractivity contribution in [3.63, 3.8) is 0 Å². The topological polar surface area (TPSA) is 114 Å². The maximum Gasteiger partial charge on any atom is 0.264 e. The van der Waals surface area contributed by atoms with Gasteiger partial charge in [-0.25, -0.2) is 8.42 Å². The highest BCUT2D eigenvalue weighted by Gasteiger charge is 2.33. The van der Waals surface area contributed by atoms with Crippen molar-refractivity contribution in [3.05, 3.63) is 77.3 Å². The summed E-state index contributed by atoms with van der Waals surface area (Å²) < 4.78 is 45.5. The van der Waals surface area contributed by atoms with Crippen LogP contribution in [0.5, 0.6) is 17.2 Å². The van der Waals surface area contributed by atoms with E-state index in [9.17, 15) is 18.0 Å². The molecule has 2 amide bonds. The number of sulfonamides is 1. The van der Waals surface area contributed by atoms with E-state index in [2.05, 4.69) is 5.32 Å². The second-order valence-electron chi connectivity index (χ2n) is 10.4. The van der Waals surface area contributed by atoms with Crippen LogP contribution in [0, 0.1) is 5.92 Å². The van der Waals surface area contributed by atoms with Gasteiger partial charge < -0.3 is 24.4 Å². The second-order valence-corrected chi connectivity index (χ2v) is 12.7. The van der Waals surface area contributed by atoms with E-state index in [1.54, 1.807) is 55.5 Å². The van der Waals surface area contributed by atoms with Crippen LogP contribution in [0.3, 0.4) is 0 Å². The third-order valence-corrected chi connectivity index (χ3v) is 8.95. The number of halogens is 1. The first-order valence-corrected chi connectivity index (χ1v) is 16.0. The largest absolute Gasteiger partial charge is 0.494 e. The van der Waals surface area contributed by atoms with Gasteiger partial charge in [-0.15, -0.1) is 0 Å². The SMILES string of the molecule is CCOc1ccc(N(CC(=O)N(Cc2ccccc2Cl)C(C)C(=O)NCC(C)C)S(=O)(=O)c2ccc(OC)c(OC)c2)cc1. The number of benzene rings is 3. The number of carbonyl (C=O) groups is 2. The average Bonchev–Trinajstić information content (AvgIpc) is 3.01. The highest BCUT2D eigenvalue weighted by molar-refractivity contribution is 7.92. The Bertz CT molecular complexity index is 1530. The van der Waals surface area contributed by atoms with E-state index in [0.29, 0.717) is 35.2 Å². The lowest BCUT2D eigenvalue weighted by Crippen LogP contribution is -2.51.